The second kappa shape index (κ2) is 3.44. The van der Waals surface area contributed by atoms with Crippen LogP contribution in [0.15, 0.2) is 49.1 Å². The zero-order chi connectivity index (χ0) is 9.90. The fourth-order valence-corrected chi connectivity index (χ4v) is 1.31. The molecular weight excluding hydrogens is 164 g/mol. The summed E-state index contributed by atoms with van der Waals surface area (Å²) in [7, 11) is 0. The van der Waals surface area contributed by atoms with E-state index in [9.17, 15) is 4.79 Å². The summed E-state index contributed by atoms with van der Waals surface area (Å²) in [5, 5.41) is 9.02. The highest BCUT2D eigenvalue weighted by Crippen LogP contribution is 2.33. The SMILES string of the molecule is C=CC1=CC=CC(C=C)(C(=O)O)C1. The molecule has 0 heterocycles. The molecule has 0 bridgehead atoms. The Labute approximate surface area is 77.6 Å². The molecule has 2 nitrogen and oxygen atoms in total. The van der Waals surface area contributed by atoms with Crippen molar-refractivity contribution < 1.29 is 9.90 Å². The van der Waals surface area contributed by atoms with Crippen LogP contribution in [0, 0.1) is 5.41 Å². The van der Waals surface area contributed by atoms with E-state index in [1.165, 1.54) is 6.08 Å². The van der Waals surface area contributed by atoms with Gasteiger partial charge in [-0.3, -0.25) is 4.79 Å². The Morgan fingerprint density at radius 2 is 2.31 bits per heavy atom. The molecule has 1 aliphatic rings. The van der Waals surface area contributed by atoms with Crippen LogP contribution in [0.4, 0.5) is 0 Å². The topological polar surface area (TPSA) is 37.3 Å². The molecule has 0 aliphatic heterocycles. The number of carbonyl (C=O) groups is 1. The normalized spacial score (nSPS) is 26.3. The third-order valence-electron chi connectivity index (χ3n) is 2.23. The van der Waals surface area contributed by atoms with Crippen LogP contribution in [0.1, 0.15) is 6.42 Å². The van der Waals surface area contributed by atoms with Gasteiger partial charge in [0.1, 0.15) is 5.41 Å². The van der Waals surface area contributed by atoms with Crippen LogP contribution in [0.3, 0.4) is 0 Å². The van der Waals surface area contributed by atoms with Gasteiger partial charge in [0.2, 0.25) is 0 Å². The first kappa shape index (κ1) is 9.52. The van der Waals surface area contributed by atoms with Gasteiger partial charge in [-0.1, -0.05) is 37.0 Å². The summed E-state index contributed by atoms with van der Waals surface area (Å²) in [6, 6.07) is 0. The van der Waals surface area contributed by atoms with Crippen molar-refractivity contribution in [3.8, 4) is 0 Å². The Bertz CT molecular complexity index is 310. The van der Waals surface area contributed by atoms with Gasteiger partial charge < -0.3 is 5.11 Å². The molecule has 0 aromatic heterocycles. The number of rotatable bonds is 3. The highest BCUT2D eigenvalue weighted by atomic mass is 16.4. The largest absolute Gasteiger partial charge is 0.480 e. The lowest BCUT2D eigenvalue weighted by molar-refractivity contribution is -0.143. The molecule has 1 unspecified atom stereocenters. The number of hydrogen-bond acceptors (Lipinski definition) is 1. The van der Waals surface area contributed by atoms with Gasteiger partial charge in [0.05, 0.1) is 0 Å². The van der Waals surface area contributed by atoms with E-state index < -0.39 is 11.4 Å². The second-order valence-electron chi connectivity index (χ2n) is 3.03. The highest BCUT2D eigenvalue weighted by Gasteiger charge is 2.33. The van der Waals surface area contributed by atoms with E-state index in [0.29, 0.717) is 6.42 Å². The van der Waals surface area contributed by atoms with Gasteiger partial charge in [-0.05, 0) is 12.0 Å². The zero-order valence-electron chi connectivity index (χ0n) is 7.36. The molecule has 0 aromatic rings. The average Bonchev–Trinajstić information content (AvgIpc) is 2.17. The van der Waals surface area contributed by atoms with Crippen LogP contribution in [-0.4, -0.2) is 11.1 Å². The van der Waals surface area contributed by atoms with Crippen molar-refractivity contribution in [3.05, 3.63) is 49.1 Å². The summed E-state index contributed by atoms with van der Waals surface area (Å²) in [6.07, 6.45) is 8.81. The van der Waals surface area contributed by atoms with Gasteiger partial charge in [-0.2, -0.15) is 0 Å². The molecule has 1 rings (SSSR count). The van der Waals surface area contributed by atoms with Crippen LogP contribution < -0.4 is 0 Å². The lowest BCUT2D eigenvalue weighted by atomic mass is 9.78. The minimum atomic E-state index is -0.946. The summed E-state index contributed by atoms with van der Waals surface area (Å²) in [4.78, 5) is 11.0. The summed E-state index contributed by atoms with van der Waals surface area (Å²) >= 11 is 0. The first-order valence-corrected chi connectivity index (χ1v) is 4.02. The van der Waals surface area contributed by atoms with E-state index >= 15 is 0 Å². The molecule has 0 spiro atoms. The monoisotopic (exact) mass is 176 g/mol. The van der Waals surface area contributed by atoms with Crippen LogP contribution in [0.25, 0.3) is 0 Å². The summed E-state index contributed by atoms with van der Waals surface area (Å²) in [5.41, 5.74) is -0.0250. The molecule has 1 aliphatic carbocycles. The molecule has 68 valence electrons. The average molecular weight is 176 g/mol. The quantitative estimate of drug-likeness (QED) is 0.670. The first-order valence-electron chi connectivity index (χ1n) is 4.02. The van der Waals surface area contributed by atoms with Crippen molar-refractivity contribution >= 4 is 5.97 Å². The second-order valence-corrected chi connectivity index (χ2v) is 3.03. The Hall–Kier alpha value is -1.57. The molecule has 1 atom stereocenters. The van der Waals surface area contributed by atoms with Gasteiger partial charge in [-0.25, -0.2) is 0 Å². The molecular formula is C11H12O2. The first-order chi connectivity index (χ1) is 6.14. The van der Waals surface area contributed by atoms with Crippen LogP contribution in [-0.2, 0) is 4.79 Å². The van der Waals surface area contributed by atoms with Crippen LogP contribution >= 0.6 is 0 Å². The van der Waals surface area contributed by atoms with Crippen molar-refractivity contribution in [2.24, 2.45) is 5.41 Å². The molecule has 0 aromatic carbocycles. The highest BCUT2D eigenvalue weighted by molar-refractivity contribution is 5.80. The molecule has 0 radical (unpaired) electrons. The number of hydrogen-bond donors (Lipinski definition) is 1. The maximum absolute atomic E-state index is 11.0. The molecule has 0 amide bonds. The van der Waals surface area contributed by atoms with Crippen molar-refractivity contribution in [2.75, 3.05) is 0 Å². The van der Waals surface area contributed by atoms with E-state index in [1.54, 1.807) is 18.2 Å². The molecule has 0 saturated heterocycles. The van der Waals surface area contributed by atoms with E-state index in [-0.39, 0.29) is 0 Å². The molecule has 2 heteroatoms. The maximum atomic E-state index is 11.0. The lowest BCUT2D eigenvalue weighted by Gasteiger charge is -2.24. The number of carboxylic acids is 1. The summed E-state index contributed by atoms with van der Waals surface area (Å²) in [6.45, 7) is 7.17. The molecule has 0 fully saturated rings. The Balaban J connectivity index is 3.02. The maximum Gasteiger partial charge on any atom is 0.317 e. The van der Waals surface area contributed by atoms with Crippen molar-refractivity contribution in [3.63, 3.8) is 0 Å². The lowest BCUT2D eigenvalue weighted by Crippen LogP contribution is -2.27. The van der Waals surface area contributed by atoms with Crippen molar-refractivity contribution in [1.82, 2.24) is 0 Å². The van der Waals surface area contributed by atoms with Gasteiger partial charge in [-0.15, -0.1) is 6.58 Å². The Kier molecular flexibility index (Phi) is 2.52. The summed E-state index contributed by atoms with van der Waals surface area (Å²) in [5.74, 6) is -0.869. The third kappa shape index (κ3) is 1.61. The third-order valence-corrected chi connectivity index (χ3v) is 2.23. The smallest absolute Gasteiger partial charge is 0.317 e. The van der Waals surface area contributed by atoms with Crippen molar-refractivity contribution in [1.29, 1.82) is 0 Å². The summed E-state index contributed by atoms with van der Waals surface area (Å²) < 4.78 is 0. The van der Waals surface area contributed by atoms with Crippen LogP contribution in [0.2, 0.25) is 0 Å². The van der Waals surface area contributed by atoms with Gasteiger partial charge in [0.25, 0.3) is 0 Å². The van der Waals surface area contributed by atoms with Gasteiger partial charge >= 0.3 is 5.97 Å². The number of allylic oxidation sites excluding steroid dienone is 4. The number of carboxylic acid groups (broad SMARTS) is 1. The fraction of sp³-hybridized carbons (Fsp3) is 0.182. The Morgan fingerprint density at radius 3 is 2.77 bits per heavy atom. The zero-order valence-corrected chi connectivity index (χ0v) is 7.36. The number of aliphatic carboxylic acids is 1. The Morgan fingerprint density at radius 1 is 1.62 bits per heavy atom. The van der Waals surface area contributed by atoms with E-state index in [1.807, 2.05) is 6.08 Å². The molecule has 13 heavy (non-hydrogen) atoms. The molecule has 1 N–H and O–H groups in total. The van der Waals surface area contributed by atoms with Gasteiger partial charge in [0, 0.05) is 0 Å². The van der Waals surface area contributed by atoms with Crippen molar-refractivity contribution in [2.45, 2.75) is 6.42 Å². The standard InChI is InChI=1S/C11H12O2/c1-3-9-6-5-7-11(4-2,8-9)10(12)13/h3-7H,1-2,8H2,(H,12,13). The molecule has 0 saturated carbocycles. The van der Waals surface area contributed by atoms with E-state index in [2.05, 4.69) is 13.2 Å². The van der Waals surface area contributed by atoms with E-state index in [0.717, 1.165) is 5.57 Å². The van der Waals surface area contributed by atoms with E-state index in [4.69, 9.17) is 5.11 Å². The minimum absolute atomic E-state index is 0.436. The van der Waals surface area contributed by atoms with Crippen LogP contribution in [0.5, 0.6) is 0 Å². The predicted octanol–water partition coefficient (Wildman–Crippen LogP) is 2.32. The van der Waals surface area contributed by atoms with Gasteiger partial charge in [0.15, 0.2) is 0 Å². The predicted molar refractivity (Wildman–Crippen MR) is 52.3 cm³/mol. The fourth-order valence-electron chi connectivity index (χ4n) is 1.31. The minimum Gasteiger partial charge on any atom is -0.480 e.